The number of nitrogens with one attached hydrogen (secondary N) is 2. The van der Waals surface area contributed by atoms with Crippen LogP contribution in [0.3, 0.4) is 0 Å². The third-order valence-corrected chi connectivity index (χ3v) is 4.59. The smallest absolute Gasteiger partial charge is 0.321 e. The van der Waals surface area contributed by atoms with Crippen molar-refractivity contribution in [1.82, 2.24) is 25.7 Å². The van der Waals surface area contributed by atoms with Gasteiger partial charge in [-0.2, -0.15) is 4.98 Å². The first-order chi connectivity index (χ1) is 14.0. The molecule has 0 radical (unpaired) electrons. The summed E-state index contributed by atoms with van der Waals surface area (Å²) in [5, 5.41) is 8.78. The minimum absolute atomic E-state index is 0.0260. The number of ether oxygens (including phenoxy) is 1. The molecule has 3 rings (SSSR count). The fourth-order valence-corrected chi connectivity index (χ4v) is 3.23. The molecule has 1 saturated heterocycles. The number of benzene rings is 1. The van der Waals surface area contributed by atoms with Crippen LogP contribution in [0.1, 0.15) is 24.7 Å². The second kappa shape index (κ2) is 10.1. The van der Waals surface area contributed by atoms with Crippen LogP contribution in [0.2, 0.25) is 0 Å². The molecule has 3 amide bonds. The minimum Gasteiger partial charge on any atom is -0.383 e. The number of halogens is 1. The summed E-state index contributed by atoms with van der Waals surface area (Å²) in [6.45, 7) is 2.09. The lowest BCUT2D eigenvalue weighted by Crippen LogP contribution is -2.47. The van der Waals surface area contributed by atoms with Crippen LogP contribution in [0.15, 0.2) is 28.8 Å². The van der Waals surface area contributed by atoms with E-state index in [-0.39, 0.29) is 24.2 Å². The Hall–Kier alpha value is -2.85. The number of amides is 3. The molecule has 1 fully saturated rings. The molecular weight excluding hydrogens is 381 g/mol. The van der Waals surface area contributed by atoms with Crippen molar-refractivity contribution in [2.45, 2.75) is 18.8 Å². The Morgan fingerprint density at radius 3 is 3.07 bits per heavy atom. The highest BCUT2D eigenvalue weighted by atomic mass is 19.1. The fourth-order valence-electron chi connectivity index (χ4n) is 3.23. The molecular formula is C19H24FN5O4. The number of hydrogen-bond donors (Lipinski definition) is 2. The zero-order chi connectivity index (χ0) is 20.6. The van der Waals surface area contributed by atoms with Crippen molar-refractivity contribution >= 4 is 11.9 Å². The zero-order valence-corrected chi connectivity index (χ0v) is 16.2. The lowest BCUT2D eigenvalue weighted by molar-refractivity contribution is -0.121. The lowest BCUT2D eigenvalue weighted by atomic mass is 9.98. The van der Waals surface area contributed by atoms with E-state index in [1.165, 1.54) is 19.2 Å². The molecule has 2 N–H and O–H groups in total. The minimum atomic E-state index is -0.544. The summed E-state index contributed by atoms with van der Waals surface area (Å²) in [7, 11) is 1.53. The van der Waals surface area contributed by atoms with E-state index >= 15 is 0 Å². The highest BCUT2D eigenvalue weighted by Crippen LogP contribution is 2.27. The van der Waals surface area contributed by atoms with E-state index in [4.69, 9.17) is 9.26 Å². The predicted octanol–water partition coefficient (Wildman–Crippen LogP) is 1.53. The van der Waals surface area contributed by atoms with Crippen molar-refractivity contribution in [2.75, 3.05) is 39.9 Å². The first kappa shape index (κ1) is 20.9. The summed E-state index contributed by atoms with van der Waals surface area (Å²) in [5.74, 6) is 0.0252. The summed E-state index contributed by atoms with van der Waals surface area (Å²) < 4.78 is 23.6. The van der Waals surface area contributed by atoms with Crippen LogP contribution >= 0.6 is 0 Å². The van der Waals surface area contributed by atoms with Gasteiger partial charge in [-0.25, -0.2) is 9.18 Å². The molecule has 156 valence electrons. The quantitative estimate of drug-likeness (QED) is 0.672. The Labute approximate surface area is 167 Å². The predicted molar refractivity (Wildman–Crippen MR) is 102 cm³/mol. The van der Waals surface area contributed by atoms with Crippen LogP contribution in [0.4, 0.5) is 9.18 Å². The van der Waals surface area contributed by atoms with Gasteiger partial charge in [-0.15, -0.1) is 0 Å². The van der Waals surface area contributed by atoms with Crippen LogP contribution in [-0.4, -0.2) is 66.9 Å². The van der Waals surface area contributed by atoms with Crippen molar-refractivity contribution in [3.05, 3.63) is 36.0 Å². The number of carbonyl (C=O) groups is 2. The lowest BCUT2D eigenvalue weighted by Gasteiger charge is -2.30. The largest absolute Gasteiger partial charge is 0.383 e. The van der Waals surface area contributed by atoms with Gasteiger partial charge < -0.3 is 14.6 Å². The van der Waals surface area contributed by atoms with Crippen LogP contribution in [0.25, 0.3) is 11.4 Å². The number of imide groups is 1. The molecule has 0 saturated carbocycles. The van der Waals surface area contributed by atoms with Gasteiger partial charge in [0.25, 0.3) is 0 Å². The Balaban J connectivity index is 1.53. The van der Waals surface area contributed by atoms with E-state index in [1.54, 1.807) is 12.1 Å². The third kappa shape index (κ3) is 6.06. The van der Waals surface area contributed by atoms with Gasteiger partial charge in [-0.3, -0.25) is 15.0 Å². The monoisotopic (exact) mass is 405 g/mol. The highest BCUT2D eigenvalue weighted by Gasteiger charge is 2.27. The maximum Gasteiger partial charge on any atom is 0.321 e. The summed E-state index contributed by atoms with van der Waals surface area (Å²) in [6.07, 6.45) is 1.70. The number of aromatic nitrogens is 2. The molecule has 0 spiro atoms. The van der Waals surface area contributed by atoms with E-state index in [1.807, 2.05) is 4.90 Å². The molecule has 1 aliphatic rings. The maximum atomic E-state index is 13.4. The summed E-state index contributed by atoms with van der Waals surface area (Å²) in [6, 6.07) is 5.47. The number of hydrogen-bond acceptors (Lipinski definition) is 7. The first-order valence-electron chi connectivity index (χ1n) is 9.43. The highest BCUT2D eigenvalue weighted by molar-refractivity contribution is 5.95. The van der Waals surface area contributed by atoms with E-state index in [0.717, 1.165) is 19.4 Å². The number of likely N-dealkylation sites (tertiary alicyclic amines) is 1. The molecule has 0 bridgehead atoms. The van der Waals surface area contributed by atoms with Crippen LogP contribution in [0.5, 0.6) is 0 Å². The molecule has 2 aromatic rings. The molecule has 29 heavy (non-hydrogen) atoms. The SMILES string of the molecule is COCCNC(=O)NC(=O)CN1CCCC(c2nc(-c3cccc(F)c3)no2)C1. The standard InChI is InChI=1S/C19H24FN5O4/c1-28-9-7-21-19(27)22-16(26)12-25-8-3-5-14(11-25)18-23-17(24-29-18)13-4-2-6-15(20)10-13/h2,4,6,10,14H,3,5,7-9,11-12H2,1H3,(H2,21,22,26,27). The molecule has 0 aliphatic carbocycles. The van der Waals surface area contributed by atoms with Crippen molar-refractivity contribution in [3.8, 4) is 11.4 Å². The summed E-state index contributed by atoms with van der Waals surface area (Å²) in [4.78, 5) is 30.1. The molecule has 1 aliphatic heterocycles. The van der Waals surface area contributed by atoms with Crippen molar-refractivity contribution < 1.29 is 23.2 Å². The van der Waals surface area contributed by atoms with Crippen molar-refractivity contribution in [1.29, 1.82) is 0 Å². The van der Waals surface area contributed by atoms with E-state index in [9.17, 15) is 14.0 Å². The molecule has 10 heteroatoms. The normalized spacial score (nSPS) is 17.1. The molecule has 1 aromatic heterocycles. The van der Waals surface area contributed by atoms with Crippen LogP contribution < -0.4 is 10.6 Å². The molecule has 2 heterocycles. The number of piperidine rings is 1. The fraction of sp³-hybridized carbons (Fsp3) is 0.474. The van der Waals surface area contributed by atoms with Crippen molar-refractivity contribution in [3.63, 3.8) is 0 Å². The van der Waals surface area contributed by atoms with Crippen LogP contribution in [-0.2, 0) is 9.53 Å². The Bertz CT molecular complexity index is 844. The maximum absolute atomic E-state index is 13.4. The number of urea groups is 1. The van der Waals surface area contributed by atoms with Gasteiger partial charge in [-0.1, -0.05) is 17.3 Å². The second-order valence-electron chi connectivity index (χ2n) is 6.84. The molecule has 1 aromatic carbocycles. The first-order valence-corrected chi connectivity index (χ1v) is 9.43. The Morgan fingerprint density at radius 1 is 1.41 bits per heavy atom. The third-order valence-electron chi connectivity index (χ3n) is 4.59. The number of carbonyl (C=O) groups excluding carboxylic acids is 2. The van der Waals surface area contributed by atoms with Gasteiger partial charge in [0.05, 0.1) is 19.1 Å². The Morgan fingerprint density at radius 2 is 2.28 bits per heavy atom. The second-order valence-corrected chi connectivity index (χ2v) is 6.84. The zero-order valence-electron chi connectivity index (χ0n) is 16.2. The topological polar surface area (TPSA) is 110 Å². The van der Waals surface area contributed by atoms with Gasteiger partial charge in [0.15, 0.2) is 0 Å². The van der Waals surface area contributed by atoms with Gasteiger partial charge >= 0.3 is 6.03 Å². The van der Waals surface area contributed by atoms with E-state index < -0.39 is 6.03 Å². The number of methoxy groups -OCH3 is 1. The average molecular weight is 405 g/mol. The molecule has 1 atom stereocenters. The van der Waals surface area contributed by atoms with Crippen molar-refractivity contribution in [2.24, 2.45) is 0 Å². The number of nitrogens with zero attached hydrogens (tertiary/aromatic N) is 3. The van der Waals surface area contributed by atoms with Gasteiger partial charge in [0, 0.05) is 25.8 Å². The van der Waals surface area contributed by atoms with E-state index in [2.05, 4.69) is 20.8 Å². The van der Waals surface area contributed by atoms with E-state index in [0.29, 0.717) is 37.0 Å². The summed E-state index contributed by atoms with van der Waals surface area (Å²) in [5.41, 5.74) is 0.548. The van der Waals surface area contributed by atoms with Crippen LogP contribution in [0, 0.1) is 5.82 Å². The Kier molecular flexibility index (Phi) is 7.25. The van der Waals surface area contributed by atoms with Gasteiger partial charge in [-0.05, 0) is 31.5 Å². The number of rotatable bonds is 7. The average Bonchev–Trinajstić information content (AvgIpc) is 3.18. The molecule has 1 unspecified atom stereocenters. The molecule has 9 nitrogen and oxygen atoms in total. The van der Waals surface area contributed by atoms with Gasteiger partial charge in [0.1, 0.15) is 5.82 Å². The van der Waals surface area contributed by atoms with Gasteiger partial charge in [0.2, 0.25) is 17.6 Å². The summed E-state index contributed by atoms with van der Waals surface area (Å²) >= 11 is 0.